The Morgan fingerprint density at radius 2 is 1.48 bits per heavy atom. The monoisotopic (exact) mass is 386 g/mol. The standard InChI is InChI=1S/C21H24O3S.C2H6/c1-21(2,20(23)24)18(13-14-25-3)19(22)17-11-9-16(10-12-17)15-7-5-4-6-8-15;1-2/h4-12,18H,13-14H2,1-3H3,(H,23,24);1-2H3. The van der Waals surface area contributed by atoms with Gasteiger partial charge in [0.2, 0.25) is 0 Å². The first-order valence-electron chi connectivity index (χ1n) is 9.30. The minimum atomic E-state index is -1.09. The number of carboxylic acids is 1. The molecular weight excluding hydrogens is 356 g/mol. The summed E-state index contributed by atoms with van der Waals surface area (Å²) in [5.41, 5.74) is 1.60. The fourth-order valence-corrected chi connectivity index (χ4v) is 3.33. The summed E-state index contributed by atoms with van der Waals surface area (Å²) in [5.74, 6) is -0.816. The van der Waals surface area contributed by atoms with Crippen LogP contribution in [0, 0.1) is 11.3 Å². The van der Waals surface area contributed by atoms with Crippen LogP contribution >= 0.6 is 11.8 Å². The summed E-state index contributed by atoms with van der Waals surface area (Å²) in [6, 6.07) is 17.4. The number of rotatable bonds is 8. The lowest BCUT2D eigenvalue weighted by Gasteiger charge is -2.29. The molecule has 0 bridgehead atoms. The normalized spacial score (nSPS) is 11.9. The summed E-state index contributed by atoms with van der Waals surface area (Å²) < 4.78 is 0. The summed E-state index contributed by atoms with van der Waals surface area (Å²) in [5, 5.41) is 9.54. The number of carboxylic acid groups (broad SMARTS) is 1. The van der Waals surface area contributed by atoms with Gasteiger partial charge < -0.3 is 5.11 Å². The van der Waals surface area contributed by atoms with Crippen LogP contribution in [0.4, 0.5) is 0 Å². The first-order valence-corrected chi connectivity index (χ1v) is 10.7. The lowest BCUT2D eigenvalue weighted by Crippen LogP contribution is -2.38. The van der Waals surface area contributed by atoms with Gasteiger partial charge in [-0.25, -0.2) is 0 Å². The van der Waals surface area contributed by atoms with Crippen LogP contribution in [0.3, 0.4) is 0 Å². The van der Waals surface area contributed by atoms with Crippen LogP contribution in [-0.4, -0.2) is 28.9 Å². The molecule has 2 rings (SSSR count). The smallest absolute Gasteiger partial charge is 0.309 e. The molecule has 0 amide bonds. The minimum Gasteiger partial charge on any atom is -0.481 e. The fourth-order valence-electron chi connectivity index (χ4n) is 2.86. The average Bonchev–Trinajstić information content (AvgIpc) is 2.70. The maximum Gasteiger partial charge on any atom is 0.309 e. The van der Waals surface area contributed by atoms with Crippen molar-refractivity contribution in [3.63, 3.8) is 0 Å². The molecule has 0 aromatic heterocycles. The van der Waals surface area contributed by atoms with E-state index in [-0.39, 0.29) is 5.78 Å². The topological polar surface area (TPSA) is 54.4 Å². The Morgan fingerprint density at radius 3 is 1.96 bits per heavy atom. The molecule has 146 valence electrons. The minimum absolute atomic E-state index is 0.0962. The SMILES string of the molecule is CC.CSCCC(C(=O)c1ccc(-c2ccccc2)cc1)C(C)(C)C(=O)O. The molecule has 1 unspecified atom stereocenters. The van der Waals surface area contributed by atoms with E-state index in [1.54, 1.807) is 37.7 Å². The molecule has 0 fully saturated rings. The Balaban J connectivity index is 0.00000176. The third-order valence-electron chi connectivity index (χ3n) is 4.63. The van der Waals surface area contributed by atoms with E-state index in [2.05, 4.69) is 0 Å². The molecule has 1 N–H and O–H groups in total. The van der Waals surface area contributed by atoms with Gasteiger partial charge in [-0.15, -0.1) is 0 Å². The van der Waals surface area contributed by atoms with Gasteiger partial charge in [0.05, 0.1) is 5.41 Å². The molecule has 0 aliphatic carbocycles. The van der Waals surface area contributed by atoms with E-state index in [9.17, 15) is 14.7 Å². The predicted molar refractivity (Wildman–Crippen MR) is 115 cm³/mol. The quantitative estimate of drug-likeness (QED) is 0.562. The molecule has 0 aliphatic heterocycles. The number of thioether (sulfide) groups is 1. The maximum atomic E-state index is 13.0. The molecular formula is C23H30O3S. The van der Waals surface area contributed by atoms with Crippen molar-refractivity contribution in [2.45, 2.75) is 34.1 Å². The van der Waals surface area contributed by atoms with Gasteiger partial charge in [0.25, 0.3) is 0 Å². The lowest BCUT2D eigenvalue weighted by atomic mass is 9.73. The van der Waals surface area contributed by atoms with Crippen molar-refractivity contribution in [1.82, 2.24) is 0 Å². The van der Waals surface area contributed by atoms with E-state index in [0.717, 1.165) is 16.9 Å². The van der Waals surface area contributed by atoms with E-state index in [1.165, 1.54) is 0 Å². The van der Waals surface area contributed by atoms with Gasteiger partial charge in [0.1, 0.15) is 0 Å². The summed E-state index contributed by atoms with van der Waals surface area (Å²) in [6.45, 7) is 7.27. The van der Waals surface area contributed by atoms with E-state index < -0.39 is 17.3 Å². The number of aliphatic carboxylic acids is 1. The molecule has 0 aliphatic rings. The van der Waals surface area contributed by atoms with Gasteiger partial charge in [-0.3, -0.25) is 9.59 Å². The largest absolute Gasteiger partial charge is 0.481 e. The maximum absolute atomic E-state index is 13.0. The Morgan fingerprint density at radius 1 is 0.963 bits per heavy atom. The van der Waals surface area contributed by atoms with Gasteiger partial charge >= 0.3 is 5.97 Å². The molecule has 0 radical (unpaired) electrons. The zero-order chi connectivity index (χ0) is 20.4. The van der Waals surface area contributed by atoms with Crippen LogP contribution in [-0.2, 0) is 4.79 Å². The van der Waals surface area contributed by atoms with Crippen LogP contribution in [0.1, 0.15) is 44.5 Å². The van der Waals surface area contributed by atoms with Crippen LogP contribution in [0.2, 0.25) is 0 Å². The van der Waals surface area contributed by atoms with E-state index >= 15 is 0 Å². The molecule has 4 heteroatoms. The van der Waals surface area contributed by atoms with Gasteiger partial charge in [-0.2, -0.15) is 11.8 Å². The number of carbonyl (C=O) groups excluding carboxylic acids is 1. The van der Waals surface area contributed by atoms with Gasteiger partial charge in [-0.05, 0) is 43.4 Å². The third kappa shape index (κ3) is 5.96. The van der Waals surface area contributed by atoms with Crippen molar-refractivity contribution in [1.29, 1.82) is 0 Å². The second-order valence-electron chi connectivity index (χ2n) is 6.67. The van der Waals surface area contributed by atoms with Crippen molar-refractivity contribution in [3.8, 4) is 11.1 Å². The van der Waals surface area contributed by atoms with Crippen LogP contribution in [0.5, 0.6) is 0 Å². The van der Waals surface area contributed by atoms with E-state index in [1.807, 2.05) is 62.6 Å². The van der Waals surface area contributed by atoms with Crippen molar-refractivity contribution < 1.29 is 14.7 Å². The van der Waals surface area contributed by atoms with Crippen molar-refractivity contribution in [2.24, 2.45) is 11.3 Å². The number of hydrogen-bond donors (Lipinski definition) is 1. The van der Waals surface area contributed by atoms with Crippen LogP contribution in [0.15, 0.2) is 54.6 Å². The van der Waals surface area contributed by atoms with Crippen molar-refractivity contribution in [3.05, 3.63) is 60.2 Å². The molecule has 1 atom stereocenters. The first-order chi connectivity index (χ1) is 12.9. The van der Waals surface area contributed by atoms with Gasteiger partial charge in [-0.1, -0.05) is 68.4 Å². The van der Waals surface area contributed by atoms with Gasteiger partial charge in [0.15, 0.2) is 5.78 Å². The number of benzene rings is 2. The Bertz CT molecular complexity index is 721. The summed E-state index contributed by atoms with van der Waals surface area (Å²) in [6.07, 6.45) is 2.52. The number of ketones is 1. The molecule has 0 spiro atoms. The highest BCUT2D eigenvalue weighted by atomic mass is 32.2. The summed E-state index contributed by atoms with van der Waals surface area (Å²) in [7, 11) is 0. The summed E-state index contributed by atoms with van der Waals surface area (Å²) in [4.78, 5) is 24.6. The number of carbonyl (C=O) groups is 2. The zero-order valence-electron chi connectivity index (χ0n) is 16.9. The molecule has 0 saturated carbocycles. The molecule has 27 heavy (non-hydrogen) atoms. The predicted octanol–water partition coefficient (Wildman–Crippen LogP) is 6.04. The molecule has 0 heterocycles. The molecule has 2 aromatic carbocycles. The molecule has 0 saturated heterocycles. The van der Waals surface area contributed by atoms with E-state index in [4.69, 9.17) is 0 Å². The third-order valence-corrected chi connectivity index (χ3v) is 5.27. The van der Waals surface area contributed by atoms with Crippen molar-refractivity contribution in [2.75, 3.05) is 12.0 Å². The second-order valence-corrected chi connectivity index (χ2v) is 7.65. The van der Waals surface area contributed by atoms with E-state index in [0.29, 0.717) is 12.0 Å². The molecule has 3 nitrogen and oxygen atoms in total. The Labute approximate surface area is 167 Å². The highest BCUT2D eigenvalue weighted by Gasteiger charge is 2.41. The summed E-state index contributed by atoms with van der Waals surface area (Å²) >= 11 is 1.62. The average molecular weight is 387 g/mol. The van der Waals surface area contributed by atoms with Crippen LogP contribution < -0.4 is 0 Å². The second kappa shape index (κ2) is 10.9. The fraction of sp³-hybridized carbons (Fsp3) is 0.391. The van der Waals surface area contributed by atoms with Crippen molar-refractivity contribution >= 4 is 23.5 Å². The van der Waals surface area contributed by atoms with Gasteiger partial charge in [0, 0.05) is 11.5 Å². The first kappa shape index (κ1) is 23.0. The highest BCUT2D eigenvalue weighted by Crippen LogP contribution is 2.34. The molecule has 2 aromatic rings. The Hall–Kier alpha value is -2.07. The Kier molecular flexibility index (Phi) is 9.30. The van der Waals surface area contributed by atoms with Crippen LogP contribution in [0.25, 0.3) is 11.1 Å². The number of hydrogen-bond acceptors (Lipinski definition) is 3. The highest BCUT2D eigenvalue weighted by molar-refractivity contribution is 7.98. The zero-order valence-corrected chi connectivity index (χ0v) is 17.7. The number of Topliss-reactive ketones (excluding diaryl/α,β-unsaturated/α-hetero) is 1. The lowest BCUT2D eigenvalue weighted by molar-refractivity contribution is -0.149.